The van der Waals surface area contributed by atoms with Gasteiger partial charge in [0.05, 0.1) is 10.4 Å². The third-order valence-electron chi connectivity index (χ3n) is 2.72. The predicted molar refractivity (Wildman–Crippen MR) is 63.1 cm³/mol. The maximum Gasteiger partial charge on any atom is 0.235 e. The van der Waals surface area contributed by atoms with E-state index in [2.05, 4.69) is 0 Å². The zero-order valence-electron chi connectivity index (χ0n) is 9.63. The van der Waals surface area contributed by atoms with E-state index in [1.165, 1.54) is 0 Å². The quantitative estimate of drug-likeness (QED) is 0.725. The molecule has 0 saturated heterocycles. The molecule has 0 bridgehead atoms. The molecule has 1 atom stereocenters. The Morgan fingerprint density at radius 3 is 2.29 bits per heavy atom. The van der Waals surface area contributed by atoms with Gasteiger partial charge < -0.3 is 10.6 Å². The van der Waals surface area contributed by atoms with Crippen LogP contribution in [0.3, 0.4) is 0 Å². The number of nitrogens with two attached hydrogens (primary N) is 1. The molecule has 0 aliphatic heterocycles. The van der Waals surface area contributed by atoms with Crippen LogP contribution in [0, 0.1) is 5.41 Å². The van der Waals surface area contributed by atoms with Crippen molar-refractivity contribution >= 4 is 23.1 Å². The summed E-state index contributed by atoms with van der Waals surface area (Å²) >= 11 is 4.88. The molecule has 0 aromatic rings. The molecule has 0 spiro atoms. The number of hydrogen-bond acceptors (Lipinski definition) is 2. The van der Waals surface area contributed by atoms with Gasteiger partial charge in [0, 0.05) is 13.1 Å². The molecule has 1 amide bonds. The SMILES string of the molecule is CCC(C)N(C)C(=O)C(C)(C)C(N)=S. The highest BCUT2D eigenvalue weighted by molar-refractivity contribution is 7.80. The molecule has 1 unspecified atom stereocenters. The lowest BCUT2D eigenvalue weighted by Crippen LogP contribution is -2.48. The van der Waals surface area contributed by atoms with Gasteiger partial charge in [0.2, 0.25) is 5.91 Å². The molecule has 82 valence electrons. The second-order valence-corrected chi connectivity index (χ2v) is 4.60. The zero-order valence-corrected chi connectivity index (χ0v) is 10.4. The van der Waals surface area contributed by atoms with E-state index in [1.54, 1.807) is 25.8 Å². The fourth-order valence-corrected chi connectivity index (χ4v) is 1.11. The van der Waals surface area contributed by atoms with Crippen LogP contribution >= 0.6 is 12.2 Å². The summed E-state index contributed by atoms with van der Waals surface area (Å²) in [6.45, 7) is 7.57. The molecule has 0 heterocycles. The first-order valence-corrected chi connectivity index (χ1v) is 5.23. The van der Waals surface area contributed by atoms with Crippen molar-refractivity contribution in [2.75, 3.05) is 7.05 Å². The Bertz CT molecular complexity index is 238. The largest absolute Gasteiger partial charge is 0.392 e. The van der Waals surface area contributed by atoms with E-state index in [0.717, 1.165) is 6.42 Å². The molecule has 0 rings (SSSR count). The van der Waals surface area contributed by atoms with E-state index in [0.29, 0.717) is 0 Å². The molecule has 0 aliphatic carbocycles. The zero-order chi connectivity index (χ0) is 11.5. The van der Waals surface area contributed by atoms with Gasteiger partial charge in [-0.15, -0.1) is 0 Å². The summed E-state index contributed by atoms with van der Waals surface area (Å²) in [7, 11) is 1.79. The van der Waals surface area contributed by atoms with Crippen molar-refractivity contribution in [3.05, 3.63) is 0 Å². The summed E-state index contributed by atoms with van der Waals surface area (Å²) in [4.78, 5) is 13.9. The third-order valence-corrected chi connectivity index (χ3v) is 3.23. The highest BCUT2D eigenvalue weighted by Crippen LogP contribution is 2.20. The molecule has 0 aromatic carbocycles. The number of hydrogen-bond donors (Lipinski definition) is 1. The second kappa shape index (κ2) is 4.73. The van der Waals surface area contributed by atoms with Crippen LogP contribution in [0.2, 0.25) is 0 Å². The van der Waals surface area contributed by atoms with Crippen molar-refractivity contribution in [2.24, 2.45) is 11.1 Å². The first-order valence-electron chi connectivity index (χ1n) is 4.82. The number of nitrogens with zero attached hydrogens (tertiary/aromatic N) is 1. The normalized spacial score (nSPS) is 13.5. The van der Waals surface area contributed by atoms with Crippen LogP contribution in [0.25, 0.3) is 0 Å². The van der Waals surface area contributed by atoms with Gasteiger partial charge in [-0.25, -0.2) is 0 Å². The monoisotopic (exact) mass is 216 g/mol. The topological polar surface area (TPSA) is 46.3 Å². The van der Waals surface area contributed by atoms with E-state index < -0.39 is 5.41 Å². The molecule has 0 saturated carbocycles. The summed E-state index contributed by atoms with van der Waals surface area (Å²) in [5.74, 6) is -0.0145. The van der Waals surface area contributed by atoms with Gasteiger partial charge >= 0.3 is 0 Å². The lowest BCUT2D eigenvalue weighted by atomic mass is 9.91. The van der Waals surface area contributed by atoms with Gasteiger partial charge in [-0.2, -0.15) is 0 Å². The van der Waals surface area contributed by atoms with Crippen molar-refractivity contribution in [1.82, 2.24) is 4.90 Å². The maximum atomic E-state index is 12.0. The molecule has 14 heavy (non-hydrogen) atoms. The van der Waals surface area contributed by atoms with Gasteiger partial charge in [-0.05, 0) is 27.2 Å². The molecule has 2 N–H and O–H groups in total. The Hall–Kier alpha value is -0.640. The number of thiocarbonyl (C=S) groups is 1. The highest BCUT2D eigenvalue weighted by atomic mass is 32.1. The summed E-state index contributed by atoms with van der Waals surface area (Å²) in [5, 5.41) is 0. The van der Waals surface area contributed by atoms with Crippen molar-refractivity contribution in [3.63, 3.8) is 0 Å². The molecular weight excluding hydrogens is 196 g/mol. The number of carbonyl (C=O) groups excluding carboxylic acids is 1. The fourth-order valence-electron chi connectivity index (χ4n) is 1.02. The van der Waals surface area contributed by atoms with Crippen molar-refractivity contribution in [2.45, 2.75) is 40.2 Å². The fraction of sp³-hybridized carbons (Fsp3) is 0.800. The molecule has 3 nitrogen and oxygen atoms in total. The van der Waals surface area contributed by atoms with Crippen molar-refractivity contribution in [1.29, 1.82) is 0 Å². The molecule has 0 fully saturated rings. The van der Waals surface area contributed by atoms with Gasteiger partial charge in [0.1, 0.15) is 0 Å². The summed E-state index contributed by atoms with van der Waals surface area (Å²) in [6.07, 6.45) is 0.926. The number of rotatable bonds is 4. The lowest BCUT2D eigenvalue weighted by Gasteiger charge is -2.32. The summed E-state index contributed by atoms with van der Waals surface area (Å²) < 4.78 is 0. The first kappa shape index (κ1) is 13.4. The van der Waals surface area contributed by atoms with Crippen molar-refractivity contribution < 1.29 is 4.79 Å². The third kappa shape index (κ3) is 2.67. The standard InChI is InChI=1S/C10H20N2OS/c1-6-7(2)12(5)9(13)10(3,4)8(11)14/h7H,6H2,1-5H3,(H2,11,14). The first-order chi connectivity index (χ1) is 6.25. The number of amides is 1. The van der Waals surface area contributed by atoms with Crippen LogP contribution in [-0.4, -0.2) is 28.9 Å². The Balaban J connectivity index is 4.70. The Kier molecular flexibility index (Phi) is 4.52. The minimum atomic E-state index is -0.743. The van der Waals surface area contributed by atoms with Crippen LogP contribution in [-0.2, 0) is 4.79 Å². The highest BCUT2D eigenvalue weighted by Gasteiger charge is 2.34. The molecule has 0 aliphatic rings. The average molecular weight is 216 g/mol. The smallest absolute Gasteiger partial charge is 0.235 e. The lowest BCUT2D eigenvalue weighted by molar-refractivity contribution is -0.137. The minimum absolute atomic E-state index is 0.0145. The van der Waals surface area contributed by atoms with Crippen LogP contribution in [0.1, 0.15) is 34.1 Å². The summed E-state index contributed by atoms with van der Waals surface area (Å²) in [6, 6.07) is 0.219. The minimum Gasteiger partial charge on any atom is -0.392 e. The maximum absolute atomic E-state index is 12.0. The summed E-state index contributed by atoms with van der Waals surface area (Å²) in [5.41, 5.74) is 4.79. The Labute approximate surface area is 91.6 Å². The van der Waals surface area contributed by atoms with Crippen LogP contribution in [0.5, 0.6) is 0 Å². The second-order valence-electron chi connectivity index (χ2n) is 4.16. The van der Waals surface area contributed by atoms with Crippen LogP contribution in [0.15, 0.2) is 0 Å². The van der Waals surface area contributed by atoms with Gasteiger partial charge in [-0.3, -0.25) is 4.79 Å². The van der Waals surface area contributed by atoms with Crippen molar-refractivity contribution in [3.8, 4) is 0 Å². The van der Waals surface area contributed by atoms with Gasteiger partial charge in [0.15, 0.2) is 0 Å². The van der Waals surface area contributed by atoms with E-state index in [1.807, 2.05) is 13.8 Å². The van der Waals surface area contributed by atoms with E-state index in [4.69, 9.17) is 18.0 Å². The molecule has 0 radical (unpaired) electrons. The average Bonchev–Trinajstić information content (AvgIpc) is 2.13. The van der Waals surface area contributed by atoms with E-state index in [9.17, 15) is 4.79 Å². The van der Waals surface area contributed by atoms with E-state index >= 15 is 0 Å². The van der Waals surface area contributed by atoms with Crippen LogP contribution in [0.4, 0.5) is 0 Å². The Morgan fingerprint density at radius 2 is 2.00 bits per heavy atom. The predicted octanol–water partition coefficient (Wildman–Crippen LogP) is 1.56. The van der Waals surface area contributed by atoms with E-state index in [-0.39, 0.29) is 16.9 Å². The Morgan fingerprint density at radius 1 is 1.57 bits per heavy atom. The number of carbonyl (C=O) groups is 1. The molecule has 0 aromatic heterocycles. The van der Waals surface area contributed by atoms with Crippen LogP contribution < -0.4 is 5.73 Å². The van der Waals surface area contributed by atoms with Gasteiger partial charge in [-0.1, -0.05) is 19.1 Å². The molecular formula is C10H20N2OS. The van der Waals surface area contributed by atoms with Gasteiger partial charge in [0.25, 0.3) is 0 Å². The molecule has 4 heteroatoms.